The molecule has 0 aliphatic carbocycles. The fraction of sp³-hybridized carbons (Fsp3) is 0.500. The SMILES string of the molecule is C[C@@H]1[C@@H](C(C)(C)O)[C@H](CCn2cc(CCO)nn2)O[C@@]12C(=O)N(Cc1ccc(N3CCC3=O)cc1)c1ccc(N3CCC3=O)cc12. The number of aliphatic hydroxyl groups excluding tert-OH is 1. The third kappa shape index (κ3) is 4.90. The molecule has 0 bridgehead atoms. The zero-order valence-electron chi connectivity index (χ0n) is 26.4. The molecule has 3 amide bonds. The van der Waals surface area contributed by atoms with E-state index >= 15 is 0 Å². The van der Waals surface area contributed by atoms with Crippen molar-refractivity contribution >= 4 is 34.8 Å². The van der Waals surface area contributed by atoms with Crippen molar-refractivity contribution in [3.05, 3.63) is 65.5 Å². The molecule has 0 unspecified atom stereocenters. The molecule has 0 saturated carbocycles. The summed E-state index contributed by atoms with van der Waals surface area (Å²) in [6, 6.07) is 13.4. The number of anilines is 3. The molecule has 5 heterocycles. The van der Waals surface area contributed by atoms with E-state index in [1.165, 1.54) is 0 Å². The van der Waals surface area contributed by atoms with Crippen LogP contribution in [0.1, 0.15) is 56.9 Å². The Balaban J connectivity index is 1.24. The van der Waals surface area contributed by atoms with Gasteiger partial charge in [-0.05, 0) is 56.2 Å². The highest BCUT2D eigenvalue weighted by Crippen LogP contribution is 2.58. The summed E-state index contributed by atoms with van der Waals surface area (Å²) in [7, 11) is 0. The summed E-state index contributed by atoms with van der Waals surface area (Å²) in [6.45, 7) is 7.56. The number of hydrogen-bond acceptors (Lipinski definition) is 8. The zero-order chi connectivity index (χ0) is 32.4. The maximum absolute atomic E-state index is 14.8. The summed E-state index contributed by atoms with van der Waals surface area (Å²) in [5.41, 5.74) is 2.04. The number of aromatic nitrogens is 3. The molecule has 3 fully saturated rings. The second-order valence-corrected chi connectivity index (χ2v) is 13.4. The summed E-state index contributed by atoms with van der Waals surface area (Å²) in [6.07, 6.45) is 3.24. The van der Waals surface area contributed by atoms with E-state index in [4.69, 9.17) is 4.74 Å². The zero-order valence-corrected chi connectivity index (χ0v) is 26.4. The van der Waals surface area contributed by atoms with Crippen molar-refractivity contribution in [1.29, 1.82) is 0 Å². The third-order valence-corrected chi connectivity index (χ3v) is 10.2. The van der Waals surface area contributed by atoms with Crippen molar-refractivity contribution in [3.8, 4) is 0 Å². The predicted molar refractivity (Wildman–Crippen MR) is 169 cm³/mol. The van der Waals surface area contributed by atoms with Gasteiger partial charge < -0.3 is 29.6 Å². The van der Waals surface area contributed by atoms with Crippen molar-refractivity contribution in [2.24, 2.45) is 11.8 Å². The van der Waals surface area contributed by atoms with Gasteiger partial charge in [0.05, 0.1) is 29.6 Å². The molecule has 12 heteroatoms. The van der Waals surface area contributed by atoms with E-state index in [1.807, 2.05) is 49.4 Å². The highest BCUT2D eigenvalue weighted by molar-refractivity contribution is 6.09. The molecule has 7 rings (SSSR count). The number of aliphatic hydroxyl groups is 2. The first-order valence-corrected chi connectivity index (χ1v) is 16.1. The Labute approximate surface area is 267 Å². The van der Waals surface area contributed by atoms with E-state index in [2.05, 4.69) is 10.3 Å². The number of amides is 3. The Morgan fingerprint density at radius 2 is 1.67 bits per heavy atom. The lowest BCUT2D eigenvalue weighted by atomic mass is 9.70. The number of benzene rings is 2. The van der Waals surface area contributed by atoms with Gasteiger partial charge in [0, 0.05) is 80.5 Å². The van der Waals surface area contributed by atoms with Crippen LogP contribution in [0.3, 0.4) is 0 Å². The predicted octanol–water partition coefficient (Wildman–Crippen LogP) is 2.54. The Kier molecular flexibility index (Phi) is 7.49. The maximum atomic E-state index is 14.8. The molecule has 46 heavy (non-hydrogen) atoms. The van der Waals surface area contributed by atoms with E-state index in [0.29, 0.717) is 63.1 Å². The number of nitrogens with zero attached hydrogens (tertiary/aromatic N) is 6. The highest BCUT2D eigenvalue weighted by Gasteiger charge is 2.65. The quantitative estimate of drug-likeness (QED) is 0.327. The summed E-state index contributed by atoms with van der Waals surface area (Å²) >= 11 is 0. The first-order chi connectivity index (χ1) is 22.0. The standard InChI is InChI=1S/C34H40N6O6/c1-21-31(33(2,3)45)28(10-14-37-20-23(13-17-41)35-36-37)46-34(21)26-18-25(39-16-12-30(39)43)8-9-27(26)40(32(34)44)19-22-4-6-24(7-5-22)38-15-11-29(38)42/h4-9,18,20-21,28,31,41,45H,10-17,19H2,1-3H3/t21-,28+,31-,34+/m1/s1. The Bertz CT molecular complexity index is 1680. The number of ether oxygens (including phenoxy) is 1. The average Bonchev–Trinajstić information content (AvgIpc) is 3.65. The maximum Gasteiger partial charge on any atom is 0.264 e. The van der Waals surface area contributed by atoms with E-state index in [1.54, 1.807) is 39.4 Å². The second kappa shape index (κ2) is 11.3. The number of hydrogen-bond donors (Lipinski definition) is 2. The van der Waals surface area contributed by atoms with Crippen molar-refractivity contribution in [2.75, 3.05) is 34.4 Å². The summed E-state index contributed by atoms with van der Waals surface area (Å²) in [4.78, 5) is 44.4. The minimum Gasteiger partial charge on any atom is -0.396 e. The monoisotopic (exact) mass is 628 g/mol. The van der Waals surface area contributed by atoms with Crippen LogP contribution in [-0.4, -0.2) is 74.3 Å². The molecule has 2 aromatic carbocycles. The number of carbonyl (C=O) groups excluding carboxylic acids is 3. The second-order valence-electron chi connectivity index (χ2n) is 13.4. The molecule has 1 aromatic heterocycles. The molecule has 2 N–H and O–H groups in total. The van der Waals surface area contributed by atoms with Gasteiger partial charge in [0.1, 0.15) is 0 Å². The van der Waals surface area contributed by atoms with Crippen LogP contribution in [0.5, 0.6) is 0 Å². The van der Waals surface area contributed by atoms with Crippen molar-refractivity contribution in [1.82, 2.24) is 15.0 Å². The number of fused-ring (bicyclic) bond motifs is 2. The Morgan fingerprint density at radius 3 is 2.28 bits per heavy atom. The van der Waals surface area contributed by atoms with Gasteiger partial charge >= 0.3 is 0 Å². The van der Waals surface area contributed by atoms with Gasteiger partial charge in [0.2, 0.25) is 11.8 Å². The molecule has 4 aliphatic rings. The van der Waals surface area contributed by atoms with Crippen LogP contribution in [0.25, 0.3) is 0 Å². The lowest BCUT2D eigenvalue weighted by Gasteiger charge is -2.34. The number of aryl methyl sites for hydroxylation is 1. The van der Waals surface area contributed by atoms with E-state index < -0.39 is 29.1 Å². The molecule has 3 aromatic rings. The summed E-state index contributed by atoms with van der Waals surface area (Å²) in [5, 5.41) is 29.1. The topological polar surface area (TPSA) is 141 Å². The van der Waals surface area contributed by atoms with Crippen LogP contribution >= 0.6 is 0 Å². The van der Waals surface area contributed by atoms with Gasteiger partial charge in [-0.1, -0.05) is 24.3 Å². The molecular weight excluding hydrogens is 588 g/mol. The van der Waals surface area contributed by atoms with Gasteiger partial charge in [0.25, 0.3) is 5.91 Å². The first kappa shape index (κ1) is 30.5. The third-order valence-electron chi connectivity index (χ3n) is 10.2. The lowest BCUT2D eigenvalue weighted by molar-refractivity contribution is -0.146. The minimum atomic E-state index is -1.37. The van der Waals surface area contributed by atoms with E-state index in [-0.39, 0.29) is 24.3 Å². The van der Waals surface area contributed by atoms with E-state index in [0.717, 1.165) is 22.6 Å². The fourth-order valence-corrected chi connectivity index (χ4v) is 7.74. The fourth-order valence-electron chi connectivity index (χ4n) is 7.74. The molecule has 12 nitrogen and oxygen atoms in total. The van der Waals surface area contributed by atoms with Crippen molar-refractivity contribution in [3.63, 3.8) is 0 Å². The molecule has 0 radical (unpaired) electrons. The average molecular weight is 629 g/mol. The molecule has 3 saturated heterocycles. The number of β-lactam (4-membered cyclic amide) rings is 2. The number of rotatable bonds is 10. The highest BCUT2D eigenvalue weighted by atomic mass is 16.5. The van der Waals surface area contributed by atoms with Crippen LogP contribution in [0.4, 0.5) is 17.1 Å². The molecule has 4 atom stereocenters. The van der Waals surface area contributed by atoms with Gasteiger partial charge in [0.15, 0.2) is 5.60 Å². The smallest absolute Gasteiger partial charge is 0.264 e. The molecule has 242 valence electrons. The van der Waals surface area contributed by atoms with Crippen LogP contribution < -0.4 is 14.7 Å². The Hall–Kier alpha value is -4.13. The van der Waals surface area contributed by atoms with Gasteiger partial charge in [-0.25, -0.2) is 0 Å². The van der Waals surface area contributed by atoms with Crippen LogP contribution in [0.15, 0.2) is 48.7 Å². The van der Waals surface area contributed by atoms with E-state index in [9.17, 15) is 24.6 Å². The first-order valence-electron chi connectivity index (χ1n) is 16.1. The molecule has 1 spiro atoms. The van der Waals surface area contributed by atoms with Crippen molar-refractivity contribution in [2.45, 2.75) is 76.9 Å². The lowest BCUT2D eigenvalue weighted by Crippen LogP contribution is -2.46. The Morgan fingerprint density at radius 1 is 1.00 bits per heavy atom. The van der Waals surface area contributed by atoms with Crippen LogP contribution in [0.2, 0.25) is 0 Å². The summed E-state index contributed by atoms with van der Waals surface area (Å²) < 4.78 is 8.64. The van der Waals surface area contributed by atoms with Gasteiger partial charge in [-0.15, -0.1) is 5.10 Å². The number of carbonyl (C=O) groups is 3. The van der Waals surface area contributed by atoms with Gasteiger partial charge in [-0.3, -0.25) is 19.1 Å². The van der Waals surface area contributed by atoms with Gasteiger partial charge in [-0.2, -0.15) is 0 Å². The van der Waals surface area contributed by atoms with Crippen molar-refractivity contribution < 1.29 is 29.3 Å². The minimum absolute atomic E-state index is 0.0173. The normalized spacial score (nSPS) is 25.8. The largest absolute Gasteiger partial charge is 0.396 e. The van der Waals surface area contributed by atoms with Crippen LogP contribution in [0, 0.1) is 11.8 Å². The van der Waals surface area contributed by atoms with Crippen LogP contribution in [-0.2, 0) is 44.2 Å². The molecule has 4 aliphatic heterocycles. The summed E-state index contributed by atoms with van der Waals surface area (Å²) in [5.74, 6) is -0.861. The molecular formula is C34H40N6O6.